The van der Waals surface area contributed by atoms with Crippen molar-refractivity contribution in [3.63, 3.8) is 0 Å². The standard InChI is InChI=1S/C21H17FN4S2/c1-2-12-26-19(15-8-10-17(22)11-9-15)24-25-21(26)28-14-18-13-27-20(23-18)16-6-4-3-5-7-16/h2-11,13H,1,12,14H2. The Balaban J connectivity index is 1.53. The van der Waals surface area contributed by atoms with Crippen LogP contribution in [0.4, 0.5) is 4.39 Å². The summed E-state index contributed by atoms with van der Waals surface area (Å²) in [5, 5.41) is 12.5. The van der Waals surface area contributed by atoms with Crippen molar-refractivity contribution < 1.29 is 4.39 Å². The topological polar surface area (TPSA) is 43.6 Å². The molecule has 140 valence electrons. The normalized spacial score (nSPS) is 10.9. The maximum Gasteiger partial charge on any atom is 0.192 e. The SMILES string of the molecule is C=CCn1c(SCc2csc(-c3ccccc3)n2)nnc1-c1ccc(F)cc1. The highest BCUT2D eigenvalue weighted by molar-refractivity contribution is 7.98. The molecule has 0 fully saturated rings. The van der Waals surface area contributed by atoms with Gasteiger partial charge in [-0.15, -0.1) is 28.1 Å². The molecule has 0 saturated heterocycles. The van der Waals surface area contributed by atoms with Crippen LogP contribution in [0.2, 0.25) is 0 Å². The average Bonchev–Trinajstić information content (AvgIpc) is 3.35. The van der Waals surface area contributed by atoms with Crippen LogP contribution in [0.5, 0.6) is 0 Å². The second-order valence-corrected chi connectivity index (χ2v) is 7.81. The highest BCUT2D eigenvalue weighted by Crippen LogP contribution is 2.29. The van der Waals surface area contributed by atoms with Gasteiger partial charge in [0.15, 0.2) is 11.0 Å². The van der Waals surface area contributed by atoms with Gasteiger partial charge < -0.3 is 0 Å². The third-order valence-electron chi connectivity index (χ3n) is 4.05. The lowest BCUT2D eigenvalue weighted by atomic mass is 10.2. The summed E-state index contributed by atoms with van der Waals surface area (Å²) in [7, 11) is 0. The van der Waals surface area contributed by atoms with E-state index in [4.69, 9.17) is 4.98 Å². The lowest BCUT2D eigenvalue weighted by Gasteiger charge is -2.07. The number of rotatable bonds is 7. The van der Waals surface area contributed by atoms with Crippen molar-refractivity contribution in [1.82, 2.24) is 19.7 Å². The van der Waals surface area contributed by atoms with Gasteiger partial charge >= 0.3 is 0 Å². The van der Waals surface area contributed by atoms with Crippen molar-refractivity contribution in [3.05, 3.63) is 84.1 Å². The van der Waals surface area contributed by atoms with Gasteiger partial charge in [0.05, 0.1) is 5.69 Å². The minimum Gasteiger partial charge on any atom is -0.298 e. The first-order valence-corrected chi connectivity index (χ1v) is 10.5. The van der Waals surface area contributed by atoms with Crippen molar-refractivity contribution in [1.29, 1.82) is 0 Å². The fourth-order valence-corrected chi connectivity index (χ4v) is 4.50. The van der Waals surface area contributed by atoms with Crippen LogP contribution in [-0.2, 0) is 12.3 Å². The van der Waals surface area contributed by atoms with Gasteiger partial charge in [-0.3, -0.25) is 4.57 Å². The summed E-state index contributed by atoms with van der Waals surface area (Å²) in [4.78, 5) is 4.72. The zero-order chi connectivity index (χ0) is 19.3. The van der Waals surface area contributed by atoms with E-state index in [-0.39, 0.29) is 5.82 Å². The van der Waals surface area contributed by atoms with E-state index in [0.717, 1.165) is 27.0 Å². The van der Waals surface area contributed by atoms with Crippen LogP contribution < -0.4 is 0 Å². The second kappa shape index (κ2) is 8.50. The molecule has 0 bridgehead atoms. The molecule has 0 N–H and O–H groups in total. The molecule has 0 radical (unpaired) electrons. The number of aromatic nitrogens is 4. The molecule has 0 aliphatic carbocycles. The predicted molar refractivity (Wildman–Crippen MR) is 113 cm³/mol. The average molecular weight is 409 g/mol. The summed E-state index contributed by atoms with van der Waals surface area (Å²) in [6.07, 6.45) is 1.80. The Bertz CT molecular complexity index is 1070. The molecule has 4 rings (SSSR count). The molecule has 0 aliphatic rings. The Hall–Kier alpha value is -2.77. The molecule has 0 unspecified atom stereocenters. The van der Waals surface area contributed by atoms with Crippen LogP contribution in [0.25, 0.3) is 22.0 Å². The first kappa shape index (κ1) is 18.6. The molecule has 2 heterocycles. The summed E-state index contributed by atoms with van der Waals surface area (Å²) in [6, 6.07) is 16.4. The van der Waals surface area contributed by atoms with E-state index in [9.17, 15) is 4.39 Å². The van der Waals surface area contributed by atoms with Gasteiger partial charge in [-0.1, -0.05) is 48.2 Å². The molecule has 2 aromatic heterocycles. The highest BCUT2D eigenvalue weighted by Gasteiger charge is 2.14. The van der Waals surface area contributed by atoms with Crippen LogP contribution >= 0.6 is 23.1 Å². The van der Waals surface area contributed by atoms with Crippen molar-refractivity contribution in [2.45, 2.75) is 17.5 Å². The third-order valence-corrected chi connectivity index (χ3v) is 5.99. The molecule has 0 amide bonds. The first-order chi connectivity index (χ1) is 13.7. The van der Waals surface area contributed by atoms with Gasteiger partial charge in [0.25, 0.3) is 0 Å². The zero-order valence-corrected chi connectivity index (χ0v) is 16.6. The van der Waals surface area contributed by atoms with Crippen molar-refractivity contribution in [2.75, 3.05) is 0 Å². The molecule has 7 heteroatoms. The van der Waals surface area contributed by atoms with Gasteiger partial charge in [0.2, 0.25) is 0 Å². The maximum atomic E-state index is 13.2. The van der Waals surface area contributed by atoms with E-state index >= 15 is 0 Å². The number of hydrogen-bond acceptors (Lipinski definition) is 5. The van der Waals surface area contributed by atoms with E-state index < -0.39 is 0 Å². The number of hydrogen-bond donors (Lipinski definition) is 0. The Morgan fingerprint density at radius 1 is 1.04 bits per heavy atom. The second-order valence-electron chi connectivity index (χ2n) is 6.01. The molecular formula is C21H17FN4S2. The Labute approximate surface area is 170 Å². The summed E-state index contributed by atoms with van der Waals surface area (Å²) in [5.41, 5.74) is 2.95. The summed E-state index contributed by atoms with van der Waals surface area (Å²) < 4.78 is 15.2. The number of thiazole rings is 1. The molecule has 0 spiro atoms. The van der Waals surface area contributed by atoms with Gasteiger partial charge in [0, 0.05) is 28.8 Å². The Morgan fingerprint density at radius 3 is 2.57 bits per heavy atom. The lowest BCUT2D eigenvalue weighted by Crippen LogP contribution is -2.00. The van der Waals surface area contributed by atoms with Crippen LogP contribution in [-0.4, -0.2) is 19.7 Å². The Morgan fingerprint density at radius 2 is 1.82 bits per heavy atom. The number of halogens is 1. The quantitative estimate of drug-likeness (QED) is 0.291. The number of benzene rings is 2. The van der Waals surface area contributed by atoms with Crippen molar-refractivity contribution >= 4 is 23.1 Å². The van der Waals surface area contributed by atoms with E-state index in [2.05, 4.69) is 34.3 Å². The lowest BCUT2D eigenvalue weighted by molar-refractivity contribution is 0.628. The maximum absolute atomic E-state index is 13.2. The molecule has 4 nitrogen and oxygen atoms in total. The summed E-state index contributed by atoms with van der Waals surface area (Å²) in [6.45, 7) is 4.40. The zero-order valence-electron chi connectivity index (χ0n) is 15.0. The van der Waals surface area contributed by atoms with Crippen LogP contribution in [0.1, 0.15) is 5.69 Å². The summed E-state index contributed by atoms with van der Waals surface area (Å²) in [5.74, 6) is 1.12. The van der Waals surface area contributed by atoms with Gasteiger partial charge in [-0.2, -0.15) is 0 Å². The minimum absolute atomic E-state index is 0.272. The highest BCUT2D eigenvalue weighted by atomic mass is 32.2. The van der Waals surface area contributed by atoms with Crippen molar-refractivity contribution in [3.8, 4) is 22.0 Å². The molecule has 2 aromatic carbocycles. The van der Waals surface area contributed by atoms with Crippen LogP contribution in [0.3, 0.4) is 0 Å². The largest absolute Gasteiger partial charge is 0.298 e. The molecule has 0 saturated carbocycles. The molecule has 0 atom stereocenters. The number of allylic oxidation sites excluding steroid dienone is 1. The van der Waals surface area contributed by atoms with E-state index in [1.54, 1.807) is 41.3 Å². The van der Waals surface area contributed by atoms with Crippen LogP contribution in [0.15, 0.2) is 77.8 Å². The van der Waals surface area contributed by atoms with Crippen molar-refractivity contribution in [2.24, 2.45) is 0 Å². The van der Waals surface area contributed by atoms with E-state index in [0.29, 0.717) is 18.1 Å². The fourth-order valence-electron chi connectivity index (χ4n) is 2.73. The molecular weight excluding hydrogens is 391 g/mol. The monoisotopic (exact) mass is 408 g/mol. The minimum atomic E-state index is -0.272. The number of thioether (sulfide) groups is 1. The predicted octanol–water partition coefficient (Wildman–Crippen LogP) is 5.69. The molecule has 0 aliphatic heterocycles. The number of nitrogens with zero attached hydrogens (tertiary/aromatic N) is 4. The smallest absolute Gasteiger partial charge is 0.192 e. The summed E-state index contributed by atoms with van der Waals surface area (Å²) >= 11 is 3.22. The fraction of sp³-hybridized carbons (Fsp3) is 0.0952. The van der Waals surface area contributed by atoms with Gasteiger partial charge in [-0.05, 0) is 24.3 Å². The molecule has 28 heavy (non-hydrogen) atoms. The molecule has 4 aromatic rings. The Kier molecular flexibility index (Phi) is 5.64. The third kappa shape index (κ3) is 4.05. The van der Waals surface area contributed by atoms with Gasteiger partial charge in [0.1, 0.15) is 10.8 Å². The van der Waals surface area contributed by atoms with Gasteiger partial charge in [-0.25, -0.2) is 9.37 Å². The van der Waals surface area contributed by atoms with E-state index in [1.165, 1.54) is 12.1 Å². The first-order valence-electron chi connectivity index (χ1n) is 8.67. The van der Waals surface area contributed by atoms with E-state index in [1.807, 2.05) is 22.8 Å². The van der Waals surface area contributed by atoms with Crippen LogP contribution in [0, 0.1) is 5.82 Å².